The van der Waals surface area contributed by atoms with Crippen LogP contribution in [0.4, 0.5) is 5.00 Å². The maximum Gasteiger partial charge on any atom is 0.324 e. The molecule has 1 aliphatic heterocycles. The molecule has 1 N–H and O–H groups in total. The Labute approximate surface area is 111 Å². The fraction of sp³-hybridized carbons (Fsp3) is 0.667. The van der Waals surface area contributed by atoms with Crippen molar-refractivity contribution in [3.8, 4) is 0 Å². The van der Waals surface area contributed by atoms with Gasteiger partial charge in [-0.25, -0.2) is 0 Å². The molecular formula is C12H19N3O2S. The minimum Gasteiger partial charge on any atom is -0.309 e. The van der Waals surface area contributed by atoms with E-state index < -0.39 is 0 Å². The van der Waals surface area contributed by atoms with Gasteiger partial charge in [-0.05, 0) is 38.5 Å². The van der Waals surface area contributed by atoms with E-state index in [1.807, 2.05) is 6.07 Å². The first kappa shape index (κ1) is 13.5. The van der Waals surface area contributed by atoms with Gasteiger partial charge in [-0.15, -0.1) is 0 Å². The number of rotatable bonds is 5. The van der Waals surface area contributed by atoms with Gasteiger partial charge in [-0.3, -0.25) is 10.1 Å². The van der Waals surface area contributed by atoms with Gasteiger partial charge in [-0.1, -0.05) is 18.3 Å². The number of nitrogens with zero attached hydrogens (tertiary/aromatic N) is 2. The zero-order valence-electron chi connectivity index (χ0n) is 10.6. The summed E-state index contributed by atoms with van der Waals surface area (Å²) in [5, 5.41) is 14.3. The Morgan fingerprint density at radius 1 is 1.50 bits per heavy atom. The molecule has 0 unspecified atom stereocenters. The Balaban J connectivity index is 1.76. The lowest BCUT2D eigenvalue weighted by atomic mass is 10.1. The molecule has 2 heterocycles. The van der Waals surface area contributed by atoms with E-state index in [1.54, 1.807) is 6.07 Å². The molecule has 0 amide bonds. The quantitative estimate of drug-likeness (QED) is 0.658. The van der Waals surface area contributed by atoms with E-state index >= 15 is 0 Å². The summed E-state index contributed by atoms with van der Waals surface area (Å²) in [4.78, 5) is 13.7. The average molecular weight is 269 g/mol. The molecule has 0 aromatic carbocycles. The van der Waals surface area contributed by atoms with Gasteiger partial charge >= 0.3 is 5.00 Å². The van der Waals surface area contributed by atoms with Crippen LogP contribution < -0.4 is 5.32 Å². The summed E-state index contributed by atoms with van der Waals surface area (Å²) in [6.07, 6.45) is 2.34. The molecule has 0 radical (unpaired) electrons. The van der Waals surface area contributed by atoms with Gasteiger partial charge in [0.15, 0.2) is 0 Å². The van der Waals surface area contributed by atoms with Crippen LogP contribution in [0.15, 0.2) is 12.1 Å². The Hall–Kier alpha value is -0.980. The molecule has 0 saturated carbocycles. The normalized spacial score (nSPS) is 18.1. The second-order valence-electron chi connectivity index (χ2n) is 4.59. The van der Waals surface area contributed by atoms with E-state index in [2.05, 4.69) is 17.1 Å². The SMILES string of the molecule is CCN1CCC(NCc2ccc([N+](=O)[O-])s2)CC1. The van der Waals surface area contributed by atoms with Gasteiger partial charge in [0.05, 0.1) is 4.92 Å². The monoisotopic (exact) mass is 269 g/mol. The van der Waals surface area contributed by atoms with Crippen molar-refractivity contribution in [2.24, 2.45) is 0 Å². The van der Waals surface area contributed by atoms with Gasteiger partial charge in [0, 0.05) is 23.5 Å². The summed E-state index contributed by atoms with van der Waals surface area (Å²) in [5.41, 5.74) is 0. The Morgan fingerprint density at radius 3 is 2.78 bits per heavy atom. The maximum absolute atomic E-state index is 10.6. The largest absolute Gasteiger partial charge is 0.324 e. The number of nitrogens with one attached hydrogen (secondary N) is 1. The highest BCUT2D eigenvalue weighted by molar-refractivity contribution is 7.15. The molecule has 0 atom stereocenters. The standard InChI is InChI=1S/C12H19N3O2S/c1-2-14-7-5-10(6-8-14)13-9-11-3-4-12(18-11)15(16)17/h3-4,10,13H,2,5-9H2,1H3. The molecule has 5 nitrogen and oxygen atoms in total. The van der Waals surface area contributed by atoms with Crippen LogP contribution in [-0.4, -0.2) is 35.5 Å². The molecule has 0 spiro atoms. The van der Waals surface area contributed by atoms with E-state index in [-0.39, 0.29) is 9.92 Å². The van der Waals surface area contributed by atoms with Crippen molar-refractivity contribution in [2.45, 2.75) is 32.4 Å². The predicted molar refractivity (Wildman–Crippen MR) is 72.9 cm³/mol. The smallest absolute Gasteiger partial charge is 0.309 e. The van der Waals surface area contributed by atoms with Crippen molar-refractivity contribution >= 4 is 16.3 Å². The molecule has 1 saturated heterocycles. The molecule has 0 bridgehead atoms. The topological polar surface area (TPSA) is 58.4 Å². The second kappa shape index (κ2) is 6.26. The van der Waals surface area contributed by atoms with Crippen LogP contribution >= 0.6 is 11.3 Å². The molecule has 6 heteroatoms. The fourth-order valence-electron chi connectivity index (χ4n) is 2.26. The van der Waals surface area contributed by atoms with Gasteiger partial charge < -0.3 is 10.2 Å². The highest BCUT2D eigenvalue weighted by Crippen LogP contribution is 2.24. The molecule has 1 aromatic heterocycles. The number of hydrogen-bond acceptors (Lipinski definition) is 5. The molecule has 0 aliphatic carbocycles. The second-order valence-corrected chi connectivity index (χ2v) is 5.73. The molecule has 100 valence electrons. The zero-order chi connectivity index (χ0) is 13.0. The number of nitro groups is 1. The summed E-state index contributed by atoms with van der Waals surface area (Å²) in [6.45, 7) is 6.37. The van der Waals surface area contributed by atoms with E-state index in [0.717, 1.165) is 31.1 Å². The number of thiophene rings is 1. The molecule has 18 heavy (non-hydrogen) atoms. The Morgan fingerprint density at radius 2 is 2.22 bits per heavy atom. The molecular weight excluding hydrogens is 250 g/mol. The van der Waals surface area contributed by atoms with Crippen molar-refractivity contribution in [1.82, 2.24) is 10.2 Å². The first-order chi connectivity index (χ1) is 8.69. The molecule has 1 fully saturated rings. The third kappa shape index (κ3) is 3.51. The van der Waals surface area contributed by atoms with Crippen molar-refractivity contribution in [1.29, 1.82) is 0 Å². The third-order valence-electron chi connectivity index (χ3n) is 3.43. The van der Waals surface area contributed by atoms with Gasteiger partial charge in [0.25, 0.3) is 0 Å². The van der Waals surface area contributed by atoms with Crippen molar-refractivity contribution in [3.63, 3.8) is 0 Å². The van der Waals surface area contributed by atoms with Crippen LogP contribution in [0.2, 0.25) is 0 Å². The van der Waals surface area contributed by atoms with E-state index in [9.17, 15) is 10.1 Å². The van der Waals surface area contributed by atoms with Crippen molar-refractivity contribution in [3.05, 3.63) is 27.1 Å². The highest BCUT2D eigenvalue weighted by atomic mass is 32.1. The number of piperidine rings is 1. The maximum atomic E-state index is 10.6. The van der Waals surface area contributed by atoms with Crippen LogP contribution in [-0.2, 0) is 6.54 Å². The van der Waals surface area contributed by atoms with Crippen LogP contribution in [0.1, 0.15) is 24.6 Å². The lowest BCUT2D eigenvalue weighted by Crippen LogP contribution is -2.41. The van der Waals surface area contributed by atoms with Crippen LogP contribution in [0.5, 0.6) is 0 Å². The number of hydrogen-bond donors (Lipinski definition) is 1. The summed E-state index contributed by atoms with van der Waals surface area (Å²) in [7, 11) is 0. The summed E-state index contributed by atoms with van der Waals surface area (Å²) in [6, 6.07) is 3.98. The van der Waals surface area contributed by atoms with Crippen molar-refractivity contribution in [2.75, 3.05) is 19.6 Å². The Kier molecular flexibility index (Phi) is 4.68. The van der Waals surface area contributed by atoms with Gasteiger partial charge in [-0.2, -0.15) is 0 Å². The summed E-state index contributed by atoms with van der Waals surface area (Å²) >= 11 is 1.26. The minimum atomic E-state index is -0.325. The average Bonchev–Trinajstić information content (AvgIpc) is 2.86. The summed E-state index contributed by atoms with van der Waals surface area (Å²) < 4.78 is 0. The fourth-order valence-corrected chi connectivity index (χ4v) is 3.03. The summed E-state index contributed by atoms with van der Waals surface area (Å²) in [5.74, 6) is 0. The third-order valence-corrected chi connectivity index (χ3v) is 4.46. The minimum absolute atomic E-state index is 0.229. The van der Waals surface area contributed by atoms with Crippen molar-refractivity contribution < 1.29 is 4.92 Å². The number of likely N-dealkylation sites (tertiary alicyclic amines) is 1. The lowest BCUT2D eigenvalue weighted by Gasteiger charge is -2.31. The molecule has 1 aromatic rings. The van der Waals surface area contributed by atoms with E-state index in [1.165, 1.54) is 24.2 Å². The van der Waals surface area contributed by atoms with E-state index in [4.69, 9.17) is 0 Å². The highest BCUT2D eigenvalue weighted by Gasteiger charge is 2.18. The first-order valence-corrected chi connectivity index (χ1v) is 7.19. The molecule has 2 rings (SSSR count). The molecule has 1 aliphatic rings. The lowest BCUT2D eigenvalue weighted by molar-refractivity contribution is -0.380. The van der Waals surface area contributed by atoms with Crippen LogP contribution in [0.25, 0.3) is 0 Å². The Bertz CT molecular complexity index is 400. The zero-order valence-corrected chi connectivity index (χ0v) is 11.4. The van der Waals surface area contributed by atoms with E-state index in [0.29, 0.717) is 6.04 Å². The van der Waals surface area contributed by atoms with Crippen LogP contribution in [0, 0.1) is 10.1 Å². The van der Waals surface area contributed by atoms with Gasteiger partial charge in [0.2, 0.25) is 0 Å². The van der Waals surface area contributed by atoms with Gasteiger partial charge in [0.1, 0.15) is 0 Å². The predicted octanol–water partition coefficient (Wildman–Crippen LogP) is 2.23. The van der Waals surface area contributed by atoms with Crippen LogP contribution in [0.3, 0.4) is 0 Å². The first-order valence-electron chi connectivity index (χ1n) is 6.38.